The molecule has 2 aromatic rings. The molecule has 2 aliphatic rings. The molecule has 0 unspecified atom stereocenters. The van der Waals surface area contributed by atoms with Crippen LogP contribution >= 0.6 is 0 Å². The molecule has 2 amide bonds. The van der Waals surface area contributed by atoms with Crippen molar-refractivity contribution in [3.63, 3.8) is 0 Å². The van der Waals surface area contributed by atoms with Crippen molar-refractivity contribution < 1.29 is 22.7 Å². The van der Waals surface area contributed by atoms with Crippen molar-refractivity contribution in [1.82, 2.24) is 9.62 Å². The van der Waals surface area contributed by atoms with Gasteiger partial charge >= 0.3 is 0 Å². The van der Waals surface area contributed by atoms with Crippen molar-refractivity contribution in [2.45, 2.75) is 68.8 Å². The third kappa shape index (κ3) is 5.51. The average molecular weight is 500 g/mol. The monoisotopic (exact) mass is 499 g/mol. The van der Waals surface area contributed by atoms with Gasteiger partial charge in [0.15, 0.2) is 0 Å². The SMILES string of the molecule is COc1ccc(C(=O)Nc2ccccc2C(=O)NC2CCCC2)cc1S(=O)(=O)N1CCCC[C@H]1C. The van der Waals surface area contributed by atoms with E-state index in [0.717, 1.165) is 44.9 Å². The second-order valence-corrected chi connectivity index (χ2v) is 11.1. The summed E-state index contributed by atoms with van der Waals surface area (Å²) in [4.78, 5) is 26.0. The van der Waals surface area contributed by atoms with Crippen molar-refractivity contribution >= 4 is 27.5 Å². The number of nitrogens with one attached hydrogen (secondary N) is 2. The summed E-state index contributed by atoms with van der Waals surface area (Å²) in [5.74, 6) is -0.544. The molecule has 1 saturated heterocycles. The molecule has 1 saturated carbocycles. The molecule has 8 nitrogen and oxygen atoms in total. The fourth-order valence-electron chi connectivity index (χ4n) is 4.89. The number of nitrogens with zero attached hydrogens (tertiary/aromatic N) is 1. The standard InChI is InChI=1S/C26H33N3O5S/c1-18-9-7-8-16-29(18)35(32,33)24-17-19(14-15-23(24)34-2)25(30)28-22-13-6-5-12-21(22)26(31)27-20-10-3-4-11-20/h5-6,12-15,17-18,20H,3-4,7-11,16H2,1-2H3,(H,27,31)(H,28,30)/t18-/m1/s1. The highest BCUT2D eigenvalue weighted by atomic mass is 32.2. The molecule has 188 valence electrons. The summed E-state index contributed by atoms with van der Waals surface area (Å²) in [6.45, 7) is 2.33. The summed E-state index contributed by atoms with van der Waals surface area (Å²) in [6.07, 6.45) is 6.69. The zero-order valence-electron chi connectivity index (χ0n) is 20.2. The van der Waals surface area contributed by atoms with Gasteiger partial charge in [-0.3, -0.25) is 9.59 Å². The molecule has 0 radical (unpaired) electrons. The Kier molecular flexibility index (Phi) is 7.76. The maximum Gasteiger partial charge on any atom is 0.255 e. The number of carbonyl (C=O) groups excluding carboxylic acids is 2. The predicted molar refractivity (Wildman–Crippen MR) is 134 cm³/mol. The van der Waals surface area contributed by atoms with Crippen molar-refractivity contribution in [2.75, 3.05) is 19.0 Å². The lowest BCUT2D eigenvalue weighted by Gasteiger charge is -2.32. The van der Waals surface area contributed by atoms with Crippen LogP contribution < -0.4 is 15.4 Å². The lowest BCUT2D eigenvalue weighted by molar-refractivity contribution is 0.0938. The molecule has 0 bridgehead atoms. The van der Waals surface area contributed by atoms with Crippen LogP contribution in [0.1, 0.15) is 72.6 Å². The maximum absolute atomic E-state index is 13.5. The Hall–Kier alpha value is -2.91. The highest BCUT2D eigenvalue weighted by Crippen LogP contribution is 2.32. The van der Waals surface area contributed by atoms with E-state index in [1.807, 2.05) is 6.92 Å². The van der Waals surface area contributed by atoms with Gasteiger partial charge in [-0.2, -0.15) is 4.31 Å². The third-order valence-electron chi connectivity index (χ3n) is 6.86. The first-order chi connectivity index (χ1) is 16.8. The first-order valence-electron chi connectivity index (χ1n) is 12.2. The van der Waals surface area contributed by atoms with Crippen LogP contribution in [0.5, 0.6) is 5.75 Å². The van der Waals surface area contributed by atoms with Crippen molar-refractivity contribution in [2.24, 2.45) is 0 Å². The number of amides is 2. The van der Waals surface area contributed by atoms with Crippen LogP contribution in [0.3, 0.4) is 0 Å². The van der Waals surface area contributed by atoms with E-state index in [0.29, 0.717) is 17.8 Å². The quantitative estimate of drug-likeness (QED) is 0.595. The van der Waals surface area contributed by atoms with E-state index in [1.165, 1.54) is 29.6 Å². The molecular formula is C26H33N3O5S. The first-order valence-corrected chi connectivity index (χ1v) is 13.7. The van der Waals surface area contributed by atoms with Crippen LogP contribution in [-0.2, 0) is 10.0 Å². The van der Waals surface area contributed by atoms with Gasteiger partial charge in [-0.15, -0.1) is 0 Å². The van der Waals surface area contributed by atoms with E-state index < -0.39 is 15.9 Å². The van der Waals surface area contributed by atoms with Crippen LogP contribution in [0.4, 0.5) is 5.69 Å². The van der Waals surface area contributed by atoms with Gasteiger partial charge < -0.3 is 15.4 Å². The molecule has 2 N–H and O–H groups in total. The number of hydrogen-bond donors (Lipinski definition) is 2. The Morgan fingerprint density at radius 1 is 0.971 bits per heavy atom. The van der Waals surface area contributed by atoms with Crippen molar-refractivity contribution in [3.8, 4) is 5.75 Å². The third-order valence-corrected chi connectivity index (χ3v) is 8.90. The number of benzene rings is 2. The minimum Gasteiger partial charge on any atom is -0.495 e. The number of sulfonamides is 1. The Morgan fingerprint density at radius 3 is 2.40 bits per heavy atom. The zero-order valence-corrected chi connectivity index (χ0v) is 21.1. The van der Waals surface area contributed by atoms with Crippen LogP contribution in [-0.4, -0.2) is 50.3 Å². The minimum absolute atomic E-state index is 0.0336. The molecule has 9 heteroatoms. The number of para-hydroxylation sites is 1. The van der Waals surface area contributed by atoms with E-state index >= 15 is 0 Å². The molecule has 1 aliphatic heterocycles. The van der Waals surface area contributed by atoms with E-state index in [4.69, 9.17) is 4.74 Å². The smallest absolute Gasteiger partial charge is 0.255 e. The number of hydrogen-bond acceptors (Lipinski definition) is 5. The predicted octanol–water partition coefficient (Wildman–Crippen LogP) is 4.18. The highest BCUT2D eigenvalue weighted by molar-refractivity contribution is 7.89. The zero-order chi connectivity index (χ0) is 25.0. The fraction of sp³-hybridized carbons (Fsp3) is 0.462. The maximum atomic E-state index is 13.5. The lowest BCUT2D eigenvalue weighted by atomic mass is 10.1. The fourth-order valence-corrected chi connectivity index (χ4v) is 6.78. The van der Waals surface area contributed by atoms with Gasteiger partial charge in [0.2, 0.25) is 10.0 Å². The summed E-state index contributed by atoms with van der Waals surface area (Å²) < 4.78 is 33.8. The summed E-state index contributed by atoms with van der Waals surface area (Å²) in [7, 11) is -2.44. The topological polar surface area (TPSA) is 105 Å². The van der Waals surface area contributed by atoms with E-state index in [-0.39, 0.29) is 34.2 Å². The summed E-state index contributed by atoms with van der Waals surface area (Å²) in [5, 5.41) is 5.83. The lowest BCUT2D eigenvalue weighted by Crippen LogP contribution is -2.42. The average Bonchev–Trinajstić information content (AvgIpc) is 3.37. The van der Waals surface area contributed by atoms with Crippen molar-refractivity contribution in [3.05, 3.63) is 53.6 Å². The molecular weight excluding hydrogens is 466 g/mol. The van der Waals surface area contributed by atoms with Crippen molar-refractivity contribution in [1.29, 1.82) is 0 Å². The van der Waals surface area contributed by atoms with Crippen LogP contribution in [0.25, 0.3) is 0 Å². The van der Waals surface area contributed by atoms with Gasteiger partial charge in [0.25, 0.3) is 11.8 Å². The molecule has 35 heavy (non-hydrogen) atoms. The molecule has 0 aromatic heterocycles. The van der Waals surface area contributed by atoms with Crippen LogP contribution in [0, 0.1) is 0 Å². The molecule has 2 fully saturated rings. The number of methoxy groups -OCH3 is 1. The second-order valence-electron chi connectivity index (χ2n) is 9.28. The van der Waals surface area contributed by atoms with Gasteiger partial charge in [0.05, 0.1) is 18.4 Å². The van der Waals surface area contributed by atoms with Gasteiger partial charge in [0, 0.05) is 24.2 Å². The molecule has 1 heterocycles. The van der Waals surface area contributed by atoms with Gasteiger partial charge in [0.1, 0.15) is 10.6 Å². The van der Waals surface area contributed by atoms with Gasteiger partial charge in [-0.1, -0.05) is 31.4 Å². The highest BCUT2D eigenvalue weighted by Gasteiger charge is 2.33. The Labute approximate surface area is 207 Å². The van der Waals surface area contributed by atoms with Crippen LogP contribution in [0.15, 0.2) is 47.4 Å². The number of carbonyl (C=O) groups is 2. The Morgan fingerprint density at radius 2 is 1.69 bits per heavy atom. The van der Waals surface area contributed by atoms with E-state index in [2.05, 4.69) is 10.6 Å². The normalized spacial score (nSPS) is 19.3. The number of rotatable bonds is 7. The molecule has 4 rings (SSSR count). The summed E-state index contributed by atoms with van der Waals surface area (Å²) in [5.41, 5.74) is 0.911. The number of anilines is 1. The first kappa shape index (κ1) is 25.2. The molecule has 1 aliphatic carbocycles. The Balaban J connectivity index is 1.59. The Bertz CT molecular complexity index is 1190. The molecule has 0 spiro atoms. The van der Waals surface area contributed by atoms with E-state index in [9.17, 15) is 18.0 Å². The minimum atomic E-state index is -3.85. The van der Waals surface area contributed by atoms with E-state index in [1.54, 1.807) is 24.3 Å². The van der Waals surface area contributed by atoms with Gasteiger partial charge in [-0.25, -0.2) is 8.42 Å². The second kappa shape index (κ2) is 10.8. The molecule has 1 atom stereocenters. The number of ether oxygens (including phenoxy) is 1. The van der Waals surface area contributed by atoms with Gasteiger partial charge in [-0.05, 0) is 62.9 Å². The molecule has 2 aromatic carbocycles. The number of piperidine rings is 1. The van der Waals surface area contributed by atoms with Crippen LogP contribution in [0.2, 0.25) is 0 Å². The summed E-state index contributed by atoms with van der Waals surface area (Å²) >= 11 is 0. The largest absolute Gasteiger partial charge is 0.495 e. The summed E-state index contributed by atoms with van der Waals surface area (Å²) in [6, 6.07) is 11.2.